The first-order valence-electron chi connectivity index (χ1n) is 6.73. The lowest BCUT2D eigenvalue weighted by molar-refractivity contribution is -0.138. The maximum absolute atomic E-state index is 11.8. The summed E-state index contributed by atoms with van der Waals surface area (Å²) in [6.07, 6.45) is 2.13. The molecule has 0 aliphatic carbocycles. The molecule has 0 radical (unpaired) electrons. The van der Waals surface area contributed by atoms with Gasteiger partial charge < -0.3 is 31.9 Å². The van der Waals surface area contributed by atoms with Crippen LogP contribution in [-0.2, 0) is 19.2 Å². The summed E-state index contributed by atoms with van der Waals surface area (Å²) in [5.41, 5.74) is 5.27. The van der Waals surface area contributed by atoms with Gasteiger partial charge in [-0.05, 0) is 18.4 Å². The average molecular weight is 350 g/mol. The van der Waals surface area contributed by atoms with Crippen molar-refractivity contribution in [1.82, 2.24) is 16.0 Å². The van der Waals surface area contributed by atoms with Crippen LogP contribution in [0.1, 0.15) is 6.42 Å². The van der Waals surface area contributed by atoms with Crippen molar-refractivity contribution in [3.8, 4) is 0 Å². The second-order valence-corrected chi connectivity index (χ2v) is 5.51. The van der Waals surface area contributed by atoms with Gasteiger partial charge in [0.1, 0.15) is 18.6 Å². The maximum atomic E-state index is 11.8. The van der Waals surface area contributed by atoms with Crippen LogP contribution in [0.4, 0.5) is 0 Å². The third-order valence-corrected chi connectivity index (χ3v) is 3.28. The van der Waals surface area contributed by atoms with Gasteiger partial charge in [0.2, 0.25) is 17.7 Å². The minimum Gasteiger partial charge on any atom is -0.480 e. The van der Waals surface area contributed by atoms with E-state index in [0.717, 1.165) is 0 Å². The van der Waals surface area contributed by atoms with Crippen LogP contribution in [0, 0.1) is 0 Å². The van der Waals surface area contributed by atoms with Crippen molar-refractivity contribution in [2.75, 3.05) is 31.7 Å². The Hall–Kier alpha value is -1.85. The summed E-state index contributed by atoms with van der Waals surface area (Å²) < 4.78 is 0. The van der Waals surface area contributed by atoms with E-state index in [4.69, 9.17) is 15.9 Å². The first-order chi connectivity index (χ1) is 10.8. The zero-order valence-electron chi connectivity index (χ0n) is 12.7. The summed E-state index contributed by atoms with van der Waals surface area (Å²) in [5.74, 6) is -2.56. The highest BCUT2D eigenvalue weighted by molar-refractivity contribution is 7.98. The van der Waals surface area contributed by atoms with Gasteiger partial charge in [-0.3, -0.25) is 19.2 Å². The molecule has 23 heavy (non-hydrogen) atoms. The van der Waals surface area contributed by atoms with E-state index in [0.29, 0.717) is 12.2 Å². The number of aliphatic carboxylic acids is 1. The number of aliphatic hydroxyl groups is 1. The lowest BCUT2D eigenvalue weighted by Crippen LogP contribution is -2.52. The van der Waals surface area contributed by atoms with E-state index in [1.165, 1.54) is 11.8 Å². The number of carboxylic acids is 1. The van der Waals surface area contributed by atoms with E-state index in [-0.39, 0.29) is 0 Å². The summed E-state index contributed by atoms with van der Waals surface area (Å²) in [5, 5.41) is 24.1. The standard InChI is InChI=1S/C12H22N4O6S/c1-23-3-2-8(12(22)15-5-10(19)20)16-9(18)4-14-11(21)7(13)6-17/h7-8,17H,2-6,13H2,1H3,(H,14,21)(H,15,22)(H,16,18)(H,19,20). The minimum absolute atomic E-state index is 0.308. The smallest absolute Gasteiger partial charge is 0.322 e. The molecule has 132 valence electrons. The highest BCUT2D eigenvalue weighted by Crippen LogP contribution is 2.01. The Morgan fingerprint density at radius 2 is 1.74 bits per heavy atom. The molecule has 2 atom stereocenters. The summed E-state index contributed by atoms with van der Waals surface area (Å²) in [6.45, 7) is -1.51. The number of hydrogen-bond donors (Lipinski definition) is 6. The van der Waals surface area contributed by atoms with Crippen LogP contribution in [0.25, 0.3) is 0 Å². The van der Waals surface area contributed by atoms with Crippen molar-refractivity contribution in [3.05, 3.63) is 0 Å². The van der Waals surface area contributed by atoms with Crippen molar-refractivity contribution in [1.29, 1.82) is 0 Å². The number of nitrogens with one attached hydrogen (secondary N) is 3. The summed E-state index contributed by atoms with van der Waals surface area (Å²) >= 11 is 1.46. The number of aliphatic hydroxyl groups excluding tert-OH is 1. The van der Waals surface area contributed by atoms with E-state index in [2.05, 4.69) is 16.0 Å². The van der Waals surface area contributed by atoms with Gasteiger partial charge in [-0.1, -0.05) is 0 Å². The molecule has 0 aromatic heterocycles. The number of carboxylic acid groups (broad SMARTS) is 1. The van der Waals surface area contributed by atoms with Gasteiger partial charge >= 0.3 is 5.97 Å². The molecule has 0 rings (SSSR count). The normalized spacial score (nSPS) is 12.8. The Labute approximate surface area is 137 Å². The Morgan fingerprint density at radius 3 is 2.26 bits per heavy atom. The number of carbonyl (C=O) groups excluding carboxylic acids is 3. The number of rotatable bonds is 11. The van der Waals surface area contributed by atoms with Gasteiger partial charge in [-0.25, -0.2) is 0 Å². The molecule has 0 aromatic rings. The minimum atomic E-state index is -1.20. The second-order valence-electron chi connectivity index (χ2n) is 4.52. The lowest BCUT2D eigenvalue weighted by Gasteiger charge is -2.18. The molecule has 0 aliphatic rings. The van der Waals surface area contributed by atoms with Gasteiger partial charge in [0.05, 0.1) is 13.2 Å². The molecule has 7 N–H and O–H groups in total. The Morgan fingerprint density at radius 1 is 1.13 bits per heavy atom. The molecule has 0 fully saturated rings. The van der Waals surface area contributed by atoms with E-state index in [1.54, 1.807) is 0 Å². The fourth-order valence-corrected chi connectivity index (χ4v) is 1.89. The van der Waals surface area contributed by atoms with Crippen LogP contribution in [0.2, 0.25) is 0 Å². The summed E-state index contributed by atoms with van der Waals surface area (Å²) in [4.78, 5) is 45.4. The topological polar surface area (TPSA) is 171 Å². The molecular formula is C12H22N4O6S. The number of hydrogen-bond acceptors (Lipinski definition) is 7. The molecule has 10 nitrogen and oxygen atoms in total. The molecule has 0 bridgehead atoms. The van der Waals surface area contributed by atoms with E-state index in [1.807, 2.05) is 6.26 Å². The quantitative estimate of drug-likeness (QED) is 0.227. The predicted octanol–water partition coefficient (Wildman–Crippen LogP) is -3.14. The van der Waals surface area contributed by atoms with Gasteiger partial charge in [-0.15, -0.1) is 0 Å². The van der Waals surface area contributed by atoms with Gasteiger partial charge in [0, 0.05) is 0 Å². The molecule has 11 heteroatoms. The zero-order valence-corrected chi connectivity index (χ0v) is 13.5. The largest absolute Gasteiger partial charge is 0.480 e. The molecule has 0 aliphatic heterocycles. The van der Waals surface area contributed by atoms with Gasteiger partial charge in [-0.2, -0.15) is 11.8 Å². The fourth-order valence-electron chi connectivity index (χ4n) is 1.42. The van der Waals surface area contributed by atoms with E-state index >= 15 is 0 Å². The van der Waals surface area contributed by atoms with Gasteiger partial charge in [0.15, 0.2) is 0 Å². The van der Waals surface area contributed by atoms with Crippen molar-refractivity contribution in [3.63, 3.8) is 0 Å². The summed E-state index contributed by atoms with van der Waals surface area (Å²) in [7, 11) is 0. The predicted molar refractivity (Wildman–Crippen MR) is 83.6 cm³/mol. The first-order valence-corrected chi connectivity index (χ1v) is 8.13. The molecule has 0 saturated heterocycles. The zero-order chi connectivity index (χ0) is 17.8. The van der Waals surface area contributed by atoms with Crippen molar-refractivity contribution >= 4 is 35.5 Å². The van der Waals surface area contributed by atoms with Crippen LogP contribution in [0.15, 0.2) is 0 Å². The Balaban J connectivity index is 4.45. The fraction of sp³-hybridized carbons (Fsp3) is 0.667. The Kier molecular flexibility index (Phi) is 10.7. The van der Waals surface area contributed by atoms with Gasteiger partial charge in [0.25, 0.3) is 0 Å². The van der Waals surface area contributed by atoms with Crippen LogP contribution in [0.5, 0.6) is 0 Å². The highest BCUT2D eigenvalue weighted by atomic mass is 32.2. The van der Waals surface area contributed by atoms with Crippen molar-refractivity contribution in [2.45, 2.75) is 18.5 Å². The molecule has 2 unspecified atom stereocenters. The number of amides is 3. The van der Waals surface area contributed by atoms with Crippen LogP contribution >= 0.6 is 11.8 Å². The SMILES string of the molecule is CSCCC(NC(=O)CNC(=O)C(N)CO)C(=O)NCC(=O)O. The molecular weight excluding hydrogens is 328 g/mol. The van der Waals surface area contributed by atoms with Crippen molar-refractivity contribution < 1.29 is 29.4 Å². The molecule has 0 aromatic carbocycles. The number of thioether (sulfide) groups is 1. The van der Waals surface area contributed by atoms with Crippen LogP contribution in [0.3, 0.4) is 0 Å². The lowest BCUT2D eigenvalue weighted by atomic mass is 10.2. The van der Waals surface area contributed by atoms with Crippen molar-refractivity contribution in [2.24, 2.45) is 5.73 Å². The summed E-state index contributed by atoms with van der Waals surface area (Å²) in [6, 6.07) is -2.04. The second kappa shape index (κ2) is 11.7. The van der Waals surface area contributed by atoms with Crippen LogP contribution < -0.4 is 21.7 Å². The number of nitrogens with two attached hydrogens (primary N) is 1. The molecule has 0 heterocycles. The number of carbonyl (C=O) groups is 4. The van der Waals surface area contributed by atoms with E-state index in [9.17, 15) is 19.2 Å². The highest BCUT2D eigenvalue weighted by Gasteiger charge is 2.21. The average Bonchev–Trinajstić information content (AvgIpc) is 2.53. The monoisotopic (exact) mass is 350 g/mol. The van der Waals surface area contributed by atoms with Crippen LogP contribution in [-0.4, -0.2) is 77.7 Å². The maximum Gasteiger partial charge on any atom is 0.322 e. The Bertz CT molecular complexity index is 434. The third kappa shape index (κ3) is 9.71. The molecule has 0 saturated carbocycles. The third-order valence-electron chi connectivity index (χ3n) is 2.63. The first kappa shape index (κ1) is 21.1. The van der Waals surface area contributed by atoms with E-state index < -0.39 is 55.5 Å². The molecule has 3 amide bonds. The molecule has 0 spiro atoms.